The molecule has 0 spiro atoms. The van der Waals surface area contributed by atoms with Crippen LogP contribution in [0.5, 0.6) is 0 Å². The molecule has 2 aliphatic rings. The molecule has 1 fully saturated rings. The van der Waals surface area contributed by atoms with Gasteiger partial charge < -0.3 is 5.32 Å². The average Bonchev–Trinajstić information content (AvgIpc) is 2.72. The van der Waals surface area contributed by atoms with Crippen LogP contribution in [0.2, 0.25) is 10.0 Å². The first-order chi connectivity index (χ1) is 11.0. The van der Waals surface area contributed by atoms with Crippen molar-refractivity contribution >= 4 is 104 Å². The zero-order valence-electron chi connectivity index (χ0n) is 11.4. The van der Waals surface area contributed by atoms with E-state index in [0.717, 1.165) is 0 Å². The van der Waals surface area contributed by atoms with E-state index in [1.54, 1.807) is 12.1 Å². The van der Waals surface area contributed by atoms with Gasteiger partial charge in [-0.2, -0.15) is 0 Å². The van der Waals surface area contributed by atoms with Crippen LogP contribution in [0.15, 0.2) is 28.3 Å². The van der Waals surface area contributed by atoms with Gasteiger partial charge in [0.25, 0.3) is 0 Å². The summed E-state index contributed by atoms with van der Waals surface area (Å²) in [6.45, 7) is 0. The molecule has 0 aromatic heterocycles. The summed E-state index contributed by atoms with van der Waals surface area (Å²) < 4.78 is -1.75. The fourth-order valence-corrected chi connectivity index (χ4v) is 6.22. The van der Waals surface area contributed by atoms with Gasteiger partial charge in [0, 0.05) is 5.02 Å². The Morgan fingerprint density at radius 2 is 1.67 bits per heavy atom. The summed E-state index contributed by atoms with van der Waals surface area (Å²) in [5, 5.41) is 3.40. The topological polar surface area (TPSA) is 29.1 Å². The molecule has 1 amide bonds. The lowest BCUT2D eigenvalue weighted by Crippen LogP contribution is -2.46. The molecule has 2 aliphatic carbocycles. The van der Waals surface area contributed by atoms with Gasteiger partial charge in [-0.1, -0.05) is 69.6 Å². The number of benzene rings is 1. The monoisotopic (exact) mass is 485 g/mol. The predicted molar refractivity (Wildman–Crippen MR) is 104 cm³/mol. The number of anilines is 1. The molecule has 3 atom stereocenters. The second-order valence-electron chi connectivity index (χ2n) is 5.59. The van der Waals surface area contributed by atoms with Crippen molar-refractivity contribution in [1.82, 2.24) is 0 Å². The van der Waals surface area contributed by atoms with Crippen molar-refractivity contribution in [3.63, 3.8) is 0 Å². The molecule has 10 heteroatoms. The van der Waals surface area contributed by atoms with Gasteiger partial charge >= 0.3 is 0 Å². The summed E-state index contributed by atoms with van der Waals surface area (Å²) in [5.41, 5.74) is 0.360. The van der Waals surface area contributed by atoms with Crippen molar-refractivity contribution < 1.29 is 4.79 Å². The number of hydrogen-bond acceptors (Lipinski definition) is 1. The third-order valence-corrected chi connectivity index (χ3v) is 9.11. The van der Waals surface area contributed by atoms with Crippen molar-refractivity contribution in [2.75, 3.05) is 5.32 Å². The standard InChI is InChI=1S/C14H7Cl8NO/c15-5-1-2-8(7(16)3-5)23-11(24)6-4-12(19)9(17)10(18)13(6,20)14(12,21)22/h1-3,6H,4H2,(H,23,24)/t6-,12+,13-/m0/s1. The summed E-state index contributed by atoms with van der Waals surface area (Å²) in [7, 11) is 0. The van der Waals surface area contributed by atoms with Gasteiger partial charge in [-0.15, -0.1) is 23.2 Å². The summed E-state index contributed by atoms with van der Waals surface area (Å²) >= 11 is 50.0. The zero-order valence-corrected chi connectivity index (χ0v) is 17.5. The Hall–Kier alpha value is 0.750. The van der Waals surface area contributed by atoms with E-state index in [-0.39, 0.29) is 21.5 Å². The Morgan fingerprint density at radius 3 is 2.17 bits per heavy atom. The predicted octanol–water partition coefficient (Wildman–Crippen LogP) is 6.78. The minimum Gasteiger partial charge on any atom is -0.324 e. The number of carbonyl (C=O) groups is 1. The molecule has 3 rings (SSSR count). The van der Waals surface area contributed by atoms with E-state index in [1.165, 1.54) is 6.07 Å². The summed E-state index contributed by atoms with van der Waals surface area (Å²) in [6, 6.07) is 4.64. The Labute approximate surface area is 178 Å². The van der Waals surface area contributed by atoms with Crippen LogP contribution in [0.25, 0.3) is 0 Å². The number of nitrogens with one attached hydrogen (secondary N) is 1. The van der Waals surface area contributed by atoms with Gasteiger partial charge in [-0.25, -0.2) is 0 Å². The number of carbonyl (C=O) groups excluding carboxylic acids is 1. The smallest absolute Gasteiger partial charge is 0.229 e. The summed E-state index contributed by atoms with van der Waals surface area (Å²) in [5.74, 6) is -1.39. The van der Waals surface area contributed by atoms with Crippen molar-refractivity contribution in [2.45, 2.75) is 20.5 Å². The first kappa shape index (κ1) is 19.5. The van der Waals surface area contributed by atoms with Crippen LogP contribution in [0, 0.1) is 5.92 Å². The van der Waals surface area contributed by atoms with E-state index in [1.807, 2.05) is 0 Å². The Bertz CT molecular complexity index is 778. The van der Waals surface area contributed by atoms with E-state index in [4.69, 9.17) is 92.8 Å². The van der Waals surface area contributed by atoms with Crippen LogP contribution in [0.4, 0.5) is 5.69 Å². The number of halogens is 8. The largest absolute Gasteiger partial charge is 0.324 e. The first-order valence-electron chi connectivity index (χ1n) is 6.54. The Balaban J connectivity index is 1.96. The van der Waals surface area contributed by atoms with Crippen molar-refractivity contribution in [2.24, 2.45) is 5.92 Å². The molecule has 2 bridgehead atoms. The lowest BCUT2D eigenvalue weighted by Gasteiger charge is -2.33. The Morgan fingerprint density at radius 1 is 1.04 bits per heavy atom. The van der Waals surface area contributed by atoms with E-state index in [0.29, 0.717) is 10.7 Å². The quantitative estimate of drug-likeness (QED) is 0.457. The van der Waals surface area contributed by atoms with Crippen molar-refractivity contribution in [1.29, 1.82) is 0 Å². The maximum absolute atomic E-state index is 12.7. The van der Waals surface area contributed by atoms with Crippen LogP contribution in [-0.4, -0.2) is 20.0 Å². The maximum Gasteiger partial charge on any atom is 0.229 e. The number of rotatable bonds is 2. The second kappa shape index (κ2) is 6.14. The minimum absolute atomic E-state index is 0.0250. The summed E-state index contributed by atoms with van der Waals surface area (Å²) in [4.78, 5) is 9.66. The molecule has 0 saturated heterocycles. The molecule has 0 radical (unpaired) electrons. The van der Waals surface area contributed by atoms with Crippen LogP contribution in [-0.2, 0) is 4.79 Å². The number of alkyl halides is 4. The number of allylic oxidation sites excluding steroid dienone is 2. The highest BCUT2D eigenvalue weighted by Gasteiger charge is 2.79. The van der Waals surface area contributed by atoms with E-state index < -0.39 is 25.9 Å². The first-order valence-corrected chi connectivity index (χ1v) is 9.57. The van der Waals surface area contributed by atoms with Crippen LogP contribution in [0.1, 0.15) is 6.42 Å². The number of amides is 1. The molecule has 1 aromatic rings. The number of fused-ring (bicyclic) bond motifs is 2. The number of hydrogen-bond donors (Lipinski definition) is 1. The lowest BCUT2D eigenvalue weighted by molar-refractivity contribution is -0.120. The van der Waals surface area contributed by atoms with Gasteiger partial charge in [0.05, 0.1) is 26.7 Å². The van der Waals surface area contributed by atoms with Gasteiger partial charge in [-0.05, 0) is 24.6 Å². The third kappa shape index (κ3) is 2.42. The normalized spacial score (nSPS) is 33.9. The summed E-state index contributed by atoms with van der Waals surface area (Å²) in [6.07, 6.45) is 0.0250. The third-order valence-electron chi connectivity index (χ3n) is 4.29. The highest BCUT2D eigenvalue weighted by Crippen LogP contribution is 2.74. The van der Waals surface area contributed by atoms with Gasteiger partial charge in [0.1, 0.15) is 9.75 Å². The molecule has 130 valence electrons. The molecular formula is C14H7Cl8NO. The molecule has 0 unspecified atom stereocenters. The fraction of sp³-hybridized carbons (Fsp3) is 0.357. The van der Waals surface area contributed by atoms with Crippen LogP contribution in [0.3, 0.4) is 0 Å². The van der Waals surface area contributed by atoms with Gasteiger partial charge in [0.2, 0.25) is 5.91 Å². The SMILES string of the molecule is O=C(Nc1ccc(Cl)cc1Cl)[C@@H]1C[C@@]2(Cl)C(Cl)=C(Cl)[C@]1(Cl)C2(Cl)Cl. The molecule has 1 saturated carbocycles. The van der Waals surface area contributed by atoms with Gasteiger partial charge in [0.15, 0.2) is 4.33 Å². The highest BCUT2D eigenvalue weighted by atomic mass is 35.5. The molecule has 0 heterocycles. The molecule has 24 heavy (non-hydrogen) atoms. The van der Waals surface area contributed by atoms with Crippen LogP contribution < -0.4 is 5.32 Å². The Kier molecular flexibility index (Phi) is 4.99. The van der Waals surface area contributed by atoms with Crippen molar-refractivity contribution in [3.05, 3.63) is 38.3 Å². The van der Waals surface area contributed by atoms with E-state index in [9.17, 15) is 4.79 Å². The second-order valence-corrected chi connectivity index (χ2v) is 9.75. The van der Waals surface area contributed by atoms with Crippen molar-refractivity contribution in [3.8, 4) is 0 Å². The fourth-order valence-electron chi connectivity index (χ4n) is 2.99. The molecular weight excluding hydrogens is 482 g/mol. The van der Waals surface area contributed by atoms with E-state index in [2.05, 4.69) is 5.32 Å². The molecule has 1 N–H and O–H groups in total. The van der Waals surface area contributed by atoms with E-state index >= 15 is 0 Å². The van der Waals surface area contributed by atoms with Gasteiger partial charge in [-0.3, -0.25) is 4.79 Å². The lowest BCUT2D eigenvalue weighted by atomic mass is 9.91. The highest BCUT2D eigenvalue weighted by molar-refractivity contribution is 6.66. The van der Waals surface area contributed by atoms with Crippen LogP contribution >= 0.6 is 92.8 Å². The average molecular weight is 489 g/mol. The zero-order chi connectivity index (χ0) is 18.1. The molecule has 1 aromatic carbocycles. The molecule has 2 nitrogen and oxygen atoms in total. The maximum atomic E-state index is 12.7. The molecule has 0 aliphatic heterocycles. The minimum atomic E-state index is -1.75.